The minimum absolute atomic E-state index is 0.0357. The highest BCUT2D eigenvalue weighted by molar-refractivity contribution is 7.47. The summed E-state index contributed by atoms with van der Waals surface area (Å²) in [4.78, 5) is 35.7. The zero-order valence-electron chi connectivity index (χ0n) is 39.2. The van der Waals surface area contributed by atoms with E-state index in [1.54, 1.807) is 0 Å². The maximum absolute atomic E-state index is 12.8. The molecular formula is C51H83O13P. The second kappa shape index (κ2) is 39.9. The monoisotopic (exact) mass is 935 g/mol. The highest BCUT2D eigenvalue weighted by Gasteiger charge is 2.51. The quantitative estimate of drug-likeness (QED) is 0.0148. The number of esters is 2. The van der Waals surface area contributed by atoms with Gasteiger partial charge >= 0.3 is 19.8 Å². The molecule has 8 atom stereocenters. The van der Waals surface area contributed by atoms with E-state index in [0.29, 0.717) is 19.3 Å². The molecule has 1 aliphatic carbocycles. The highest BCUT2D eigenvalue weighted by Crippen LogP contribution is 2.47. The Balaban J connectivity index is 2.51. The number of hydrogen-bond acceptors (Lipinski definition) is 12. The Hall–Kier alpha value is -3.23. The molecule has 1 aliphatic rings. The van der Waals surface area contributed by atoms with Crippen LogP contribution in [-0.2, 0) is 32.7 Å². The van der Waals surface area contributed by atoms with Crippen molar-refractivity contribution in [2.45, 2.75) is 198 Å². The van der Waals surface area contributed by atoms with Crippen molar-refractivity contribution in [1.82, 2.24) is 0 Å². The molecule has 1 rings (SSSR count). The average molecular weight is 935 g/mol. The Bertz CT molecular complexity index is 1500. The Morgan fingerprint density at radius 2 is 0.908 bits per heavy atom. The normalized spacial score (nSPS) is 22.3. The van der Waals surface area contributed by atoms with E-state index in [1.807, 2.05) is 18.2 Å². The molecule has 65 heavy (non-hydrogen) atoms. The molecule has 0 bridgehead atoms. The van der Waals surface area contributed by atoms with E-state index >= 15 is 0 Å². The summed E-state index contributed by atoms with van der Waals surface area (Å²) >= 11 is 0. The summed E-state index contributed by atoms with van der Waals surface area (Å²) in [6.07, 6.45) is 40.4. The molecule has 0 aliphatic heterocycles. The average Bonchev–Trinajstić information content (AvgIpc) is 3.29. The van der Waals surface area contributed by atoms with Gasteiger partial charge in [0.2, 0.25) is 0 Å². The Morgan fingerprint density at radius 3 is 1.40 bits per heavy atom. The van der Waals surface area contributed by atoms with Gasteiger partial charge in [-0.15, -0.1) is 0 Å². The van der Waals surface area contributed by atoms with Crippen LogP contribution in [0.25, 0.3) is 0 Å². The van der Waals surface area contributed by atoms with Gasteiger partial charge in [-0.05, 0) is 83.5 Å². The molecule has 0 aromatic carbocycles. The maximum atomic E-state index is 12.8. The second-order valence-electron chi connectivity index (χ2n) is 16.2. The molecule has 0 aromatic heterocycles. The number of allylic oxidation sites excluding steroid dienone is 16. The molecule has 6 N–H and O–H groups in total. The van der Waals surface area contributed by atoms with Crippen molar-refractivity contribution >= 4 is 19.8 Å². The molecule has 6 unspecified atom stereocenters. The fourth-order valence-electron chi connectivity index (χ4n) is 6.58. The minimum Gasteiger partial charge on any atom is -0.462 e. The van der Waals surface area contributed by atoms with E-state index in [9.17, 15) is 44.6 Å². The lowest BCUT2D eigenvalue weighted by Gasteiger charge is -2.41. The van der Waals surface area contributed by atoms with E-state index in [2.05, 4.69) is 92.8 Å². The number of ether oxygens (including phenoxy) is 2. The molecule has 0 amide bonds. The first kappa shape index (κ1) is 59.8. The number of rotatable bonds is 38. The summed E-state index contributed by atoms with van der Waals surface area (Å²) in [5, 5.41) is 50.2. The highest BCUT2D eigenvalue weighted by atomic mass is 31.2. The summed E-state index contributed by atoms with van der Waals surface area (Å²) in [5.41, 5.74) is 0. The van der Waals surface area contributed by atoms with Crippen molar-refractivity contribution < 1.29 is 63.1 Å². The molecular weight excluding hydrogens is 852 g/mol. The van der Waals surface area contributed by atoms with Crippen LogP contribution in [0.4, 0.5) is 0 Å². The number of carbonyl (C=O) groups excluding carboxylic acids is 2. The lowest BCUT2D eigenvalue weighted by Crippen LogP contribution is -2.64. The molecule has 13 nitrogen and oxygen atoms in total. The zero-order chi connectivity index (χ0) is 47.8. The second-order valence-corrected chi connectivity index (χ2v) is 17.6. The summed E-state index contributed by atoms with van der Waals surface area (Å²) in [6, 6.07) is 0. The molecule has 0 spiro atoms. The Kier molecular flexibility index (Phi) is 36.7. The van der Waals surface area contributed by atoms with E-state index in [-0.39, 0.29) is 12.8 Å². The minimum atomic E-state index is -5.15. The third kappa shape index (κ3) is 32.2. The summed E-state index contributed by atoms with van der Waals surface area (Å²) in [5.74, 6) is -1.22. The van der Waals surface area contributed by atoms with E-state index < -0.39 is 75.7 Å². The fraction of sp³-hybridized carbons (Fsp3) is 0.647. The molecule has 0 saturated heterocycles. The number of aliphatic hydroxyl groups excluding tert-OH is 5. The van der Waals surface area contributed by atoms with Crippen LogP contribution in [0.1, 0.15) is 155 Å². The van der Waals surface area contributed by atoms with Gasteiger partial charge < -0.3 is 39.9 Å². The van der Waals surface area contributed by atoms with Gasteiger partial charge in [-0.2, -0.15) is 0 Å². The molecule has 0 aromatic rings. The topological polar surface area (TPSA) is 210 Å². The summed E-state index contributed by atoms with van der Waals surface area (Å²) in [6.45, 7) is 3.08. The molecule has 1 saturated carbocycles. The first-order chi connectivity index (χ1) is 31.4. The molecule has 1 fully saturated rings. The Labute approximate surface area is 390 Å². The lowest BCUT2D eigenvalue weighted by molar-refractivity contribution is -0.220. The third-order valence-corrected chi connectivity index (χ3v) is 11.4. The van der Waals surface area contributed by atoms with Gasteiger partial charge in [0, 0.05) is 12.8 Å². The van der Waals surface area contributed by atoms with Crippen molar-refractivity contribution in [3.05, 3.63) is 97.2 Å². The first-order valence-corrected chi connectivity index (χ1v) is 25.5. The Morgan fingerprint density at radius 1 is 0.492 bits per heavy atom. The SMILES string of the molecule is CC/C=C/C/C=C/C/C=C/C/C=C/C/C=C/C/C=C/CCC(=O)O[C@H](COC(=O)CCCCCCCCC/C=C/C/C=C/CCCCC)COP(=O)(O)OC1C(O)C(O)C(O)[C@@H](O)C1O. The molecule has 370 valence electrons. The number of hydrogen-bond donors (Lipinski definition) is 6. The zero-order valence-corrected chi connectivity index (χ0v) is 40.1. The largest absolute Gasteiger partial charge is 0.472 e. The van der Waals surface area contributed by atoms with E-state index in [0.717, 1.165) is 89.9 Å². The third-order valence-electron chi connectivity index (χ3n) is 10.4. The fourth-order valence-corrected chi connectivity index (χ4v) is 7.55. The van der Waals surface area contributed by atoms with Gasteiger partial charge in [-0.25, -0.2) is 4.57 Å². The van der Waals surface area contributed by atoms with Crippen LogP contribution in [0, 0.1) is 0 Å². The van der Waals surface area contributed by atoms with Crippen LogP contribution in [0.2, 0.25) is 0 Å². The maximum Gasteiger partial charge on any atom is 0.472 e. The number of phosphoric acid groups is 1. The number of unbranched alkanes of at least 4 members (excludes halogenated alkanes) is 10. The van der Waals surface area contributed by atoms with Gasteiger partial charge in [-0.3, -0.25) is 18.6 Å². The van der Waals surface area contributed by atoms with Crippen molar-refractivity contribution in [2.75, 3.05) is 13.2 Å². The van der Waals surface area contributed by atoms with Gasteiger partial charge in [0.25, 0.3) is 0 Å². The van der Waals surface area contributed by atoms with Gasteiger partial charge in [0.1, 0.15) is 43.2 Å². The smallest absolute Gasteiger partial charge is 0.462 e. The van der Waals surface area contributed by atoms with Crippen LogP contribution in [0.5, 0.6) is 0 Å². The van der Waals surface area contributed by atoms with Crippen LogP contribution in [0.15, 0.2) is 97.2 Å². The van der Waals surface area contributed by atoms with Crippen molar-refractivity contribution in [1.29, 1.82) is 0 Å². The molecule has 0 radical (unpaired) electrons. The van der Waals surface area contributed by atoms with Crippen LogP contribution >= 0.6 is 7.82 Å². The lowest BCUT2D eigenvalue weighted by atomic mass is 9.85. The van der Waals surface area contributed by atoms with Gasteiger partial charge in [0.05, 0.1) is 6.61 Å². The van der Waals surface area contributed by atoms with Crippen LogP contribution in [0.3, 0.4) is 0 Å². The summed E-state index contributed by atoms with van der Waals surface area (Å²) in [7, 11) is -5.15. The number of carbonyl (C=O) groups is 2. The van der Waals surface area contributed by atoms with Crippen LogP contribution in [-0.4, -0.2) is 98.3 Å². The standard InChI is InChI=1S/C51H83O13P/c1-3-5-7-9-11-13-15-17-19-21-22-24-26-28-30-32-34-36-38-40-45(53)63-43(42-62-65(59,60)64-51-49(57)47(55)46(54)48(56)50(51)58)41-61-44(52)39-37-35-33-31-29-27-25-23-20-18-16-14-12-10-8-6-4-2/h5,7,11-14,17-20,22,24,28,30,34,36,43,46-51,54-58H,3-4,6,8-10,15-16,21,23,25-27,29,31-33,35,37-42H2,1-2H3,(H,59,60)/b7-5+,13-11+,14-12+,19-17+,20-18+,24-22+,30-28+,36-34+/t43-,46?,47-,48?,49?,50?,51?/m1/s1. The van der Waals surface area contributed by atoms with Crippen molar-refractivity contribution in [3.8, 4) is 0 Å². The van der Waals surface area contributed by atoms with Gasteiger partial charge in [0.15, 0.2) is 6.10 Å². The van der Waals surface area contributed by atoms with Crippen molar-refractivity contribution in [2.24, 2.45) is 0 Å². The molecule has 14 heteroatoms. The first-order valence-electron chi connectivity index (χ1n) is 24.0. The number of phosphoric ester groups is 1. The predicted octanol–water partition coefficient (Wildman–Crippen LogP) is 9.83. The molecule has 0 heterocycles. The van der Waals surface area contributed by atoms with E-state index in [1.165, 1.54) is 19.3 Å². The van der Waals surface area contributed by atoms with E-state index in [4.69, 9.17) is 18.5 Å². The summed E-state index contributed by atoms with van der Waals surface area (Å²) < 4.78 is 33.5. The van der Waals surface area contributed by atoms with Crippen molar-refractivity contribution in [3.63, 3.8) is 0 Å². The number of aliphatic hydroxyl groups is 5. The van der Waals surface area contributed by atoms with Crippen LogP contribution < -0.4 is 0 Å². The predicted molar refractivity (Wildman–Crippen MR) is 258 cm³/mol. The van der Waals surface area contributed by atoms with Gasteiger partial charge in [-0.1, -0.05) is 156 Å².